The van der Waals surface area contributed by atoms with Gasteiger partial charge in [0.1, 0.15) is 0 Å². The third kappa shape index (κ3) is 7.58. The molecule has 0 fully saturated rings. The minimum atomic E-state index is 0. The van der Waals surface area contributed by atoms with Crippen molar-refractivity contribution in [3.05, 3.63) is 49.6 Å². The molecular formula is C8H8Zn. The molecule has 0 heterocycles. The van der Waals surface area contributed by atoms with Crippen molar-refractivity contribution in [1.29, 1.82) is 0 Å². The van der Waals surface area contributed by atoms with Crippen molar-refractivity contribution in [3.63, 3.8) is 0 Å². The van der Waals surface area contributed by atoms with E-state index in [1.165, 1.54) is 0 Å². The Hall–Kier alpha value is -0.417. The van der Waals surface area contributed by atoms with E-state index in [1.807, 2.05) is 30.3 Å². The Labute approximate surface area is 69.4 Å². The van der Waals surface area contributed by atoms with Gasteiger partial charge in [-0.05, 0) is 0 Å². The topological polar surface area (TPSA) is 0 Å². The van der Waals surface area contributed by atoms with Gasteiger partial charge < -0.3 is 6.58 Å². The Balaban J connectivity index is 0. The second-order valence-corrected chi connectivity index (χ2v) is 1.08. The molecule has 0 unspecified atom stereocenters. The van der Waals surface area contributed by atoms with E-state index in [1.54, 1.807) is 0 Å². The van der Waals surface area contributed by atoms with Crippen LogP contribution in [0, 0.1) is 12.6 Å². The molecular weight excluding hydrogens is 161 g/mol. The van der Waals surface area contributed by atoms with Crippen LogP contribution in [0.3, 0.4) is 0 Å². The van der Waals surface area contributed by atoms with E-state index in [4.69, 9.17) is 0 Å². The van der Waals surface area contributed by atoms with Crippen LogP contribution in [-0.2, 0) is 19.5 Å². The van der Waals surface area contributed by atoms with E-state index < -0.39 is 0 Å². The Kier molecular flexibility index (Phi) is 13.3. The van der Waals surface area contributed by atoms with Gasteiger partial charge in [-0.2, -0.15) is 36.4 Å². The minimum absolute atomic E-state index is 0. The zero-order valence-corrected chi connectivity index (χ0v) is 8.35. The van der Waals surface area contributed by atoms with Crippen LogP contribution < -0.4 is 0 Å². The van der Waals surface area contributed by atoms with Gasteiger partial charge in [-0.25, -0.2) is 0 Å². The maximum Gasteiger partial charge on any atom is 2.00 e. The first kappa shape index (κ1) is 11.4. The summed E-state index contributed by atoms with van der Waals surface area (Å²) < 4.78 is 0. The van der Waals surface area contributed by atoms with E-state index in [0.29, 0.717) is 0 Å². The summed E-state index contributed by atoms with van der Waals surface area (Å²) in [4.78, 5) is 0. The average Bonchev–Trinajstić information content (AvgIpc) is 1.96. The number of benzene rings is 1. The van der Waals surface area contributed by atoms with E-state index in [-0.39, 0.29) is 19.5 Å². The summed E-state index contributed by atoms with van der Waals surface area (Å²) in [5.41, 5.74) is 0. The van der Waals surface area contributed by atoms with Crippen molar-refractivity contribution in [1.82, 2.24) is 0 Å². The number of hydrogen-bond acceptors (Lipinski definition) is 0. The van der Waals surface area contributed by atoms with Crippen LogP contribution in [0.5, 0.6) is 0 Å². The van der Waals surface area contributed by atoms with Crippen molar-refractivity contribution >= 4 is 0 Å². The zero-order valence-electron chi connectivity index (χ0n) is 5.38. The standard InChI is InChI=1S/C6H5.C2H3.Zn/c1-2-4-6-5-3-1;1-2;/h1-5H;1H,2H2;/q2*-1;+2. The van der Waals surface area contributed by atoms with Crippen molar-refractivity contribution in [2.24, 2.45) is 0 Å². The molecule has 9 heavy (non-hydrogen) atoms. The van der Waals surface area contributed by atoms with Gasteiger partial charge in [0.25, 0.3) is 0 Å². The molecule has 0 spiro atoms. The van der Waals surface area contributed by atoms with Gasteiger partial charge in [-0.1, -0.05) is 0 Å². The van der Waals surface area contributed by atoms with Gasteiger partial charge in [-0.3, -0.25) is 6.58 Å². The molecule has 1 rings (SSSR count). The Morgan fingerprint density at radius 2 is 1.44 bits per heavy atom. The monoisotopic (exact) mass is 168 g/mol. The molecule has 0 saturated carbocycles. The second kappa shape index (κ2) is 10.5. The fourth-order valence-electron chi connectivity index (χ4n) is 0.342. The Bertz CT molecular complexity index is 87.4. The maximum atomic E-state index is 4.25. The molecule has 0 saturated heterocycles. The molecule has 0 atom stereocenters. The Morgan fingerprint density at radius 3 is 1.56 bits per heavy atom. The Morgan fingerprint density at radius 1 is 1.00 bits per heavy atom. The third-order valence-electron chi connectivity index (χ3n) is 0.607. The van der Waals surface area contributed by atoms with Crippen LogP contribution in [0.15, 0.2) is 36.9 Å². The molecule has 0 aromatic heterocycles. The molecule has 1 heteroatoms. The van der Waals surface area contributed by atoms with Gasteiger partial charge in [0, 0.05) is 0 Å². The third-order valence-corrected chi connectivity index (χ3v) is 0.607. The van der Waals surface area contributed by atoms with Gasteiger partial charge in [0.05, 0.1) is 0 Å². The van der Waals surface area contributed by atoms with Crippen LogP contribution in [-0.4, -0.2) is 0 Å². The summed E-state index contributed by atoms with van der Waals surface area (Å²) >= 11 is 0. The summed E-state index contributed by atoms with van der Waals surface area (Å²) in [6.45, 7) is 7.00. The van der Waals surface area contributed by atoms with Crippen molar-refractivity contribution in [2.45, 2.75) is 0 Å². The first-order chi connectivity index (χ1) is 4.00. The minimum Gasteiger partial charge on any atom is -0.521 e. The van der Waals surface area contributed by atoms with Gasteiger partial charge in [0.2, 0.25) is 0 Å². The van der Waals surface area contributed by atoms with E-state index in [0.717, 1.165) is 0 Å². The second-order valence-electron chi connectivity index (χ2n) is 1.08. The van der Waals surface area contributed by atoms with E-state index in [9.17, 15) is 0 Å². The molecule has 0 aliphatic rings. The number of hydrogen-bond donors (Lipinski definition) is 0. The summed E-state index contributed by atoms with van der Waals surface area (Å²) in [5, 5.41) is 0. The molecule has 1 aromatic carbocycles. The van der Waals surface area contributed by atoms with Gasteiger partial charge >= 0.3 is 19.5 Å². The normalized spacial score (nSPS) is 5.78. The van der Waals surface area contributed by atoms with Crippen LogP contribution in [0.1, 0.15) is 0 Å². The van der Waals surface area contributed by atoms with Crippen LogP contribution in [0.25, 0.3) is 0 Å². The smallest absolute Gasteiger partial charge is 0.521 e. The molecule has 0 bridgehead atoms. The maximum absolute atomic E-state index is 4.25. The fraction of sp³-hybridized carbons (Fsp3) is 0. The van der Waals surface area contributed by atoms with Crippen LogP contribution in [0.4, 0.5) is 0 Å². The predicted molar refractivity (Wildman–Crippen MR) is 35.2 cm³/mol. The molecule has 0 amide bonds. The van der Waals surface area contributed by atoms with E-state index in [2.05, 4.69) is 19.2 Å². The fourth-order valence-corrected chi connectivity index (χ4v) is 0.342. The van der Waals surface area contributed by atoms with E-state index >= 15 is 0 Å². The number of rotatable bonds is 0. The van der Waals surface area contributed by atoms with Crippen molar-refractivity contribution in [2.75, 3.05) is 0 Å². The van der Waals surface area contributed by atoms with Gasteiger partial charge in [-0.15, -0.1) is 0 Å². The predicted octanol–water partition coefficient (Wildman–Crippen LogP) is 2.09. The summed E-state index contributed by atoms with van der Waals surface area (Å²) in [5.74, 6) is 0. The van der Waals surface area contributed by atoms with Crippen LogP contribution >= 0.6 is 0 Å². The first-order valence-electron chi connectivity index (χ1n) is 2.32. The molecule has 0 radical (unpaired) electrons. The molecule has 0 aliphatic carbocycles. The summed E-state index contributed by atoms with van der Waals surface area (Å²) in [7, 11) is 0. The quantitative estimate of drug-likeness (QED) is 0.412. The zero-order chi connectivity index (χ0) is 6.24. The van der Waals surface area contributed by atoms with Crippen LogP contribution in [0.2, 0.25) is 0 Å². The van der Waals surface area contributed by atoms with Crippen molar-refractivity contribution in [3.8, 4) is 0 Å². The largest absolute Gasteiger partial charge is 2.00 e. The average molecular weight is 170 g/mol. The molecule has 0 aliphatic heterocycles. The summed E-state index contributed by atoms with van der Waals surface area (Å²) in [6.07, 6.45) is 0. The van der Waals surface area contributed by atoms with Crippen molar-refractivity contribution < 1.29 is 19.5 Å². The SMILES string of the molecule is [CH-]=C.[Zn+2].[c-]1ccccc1. The molecule has 42 valence electrons. The van der Waals surface area contributed by atoms with Gasteiger partial charge in [0.15, 0.2) is 0 Å². The molecule has 0 N–H and O–H groups in total. The molecule has 1 aromatic rings. The first-order valence-corrected chi connectivity index (χ1v) is 2.32. The molecule has 0 nitrogen and oxygen atoms in total. The summed E-state index contributed by atoms with van der Waals surface area (Å²) in [6, 6.07) is 12.5.